The van der Waals surface area contributed by atoms with Gasteiger partial charge in [-0.15, -0.1) is 0 Å². The van der Waals surface area contributed by atoms with Crippen molar-refractivity contribution in [1.82, 2.24) is 0 Å². The van der Waals surface area contributed by atoms with E-state index in [1.54, 1.807) is 26.2 Å². The Labute approximate surface area is 97.8 Å². The van der Waals surface area contributed by atoms with E-state index in [0.29, 0.717) is 22.5 Å². The van der Waals surface area contributed by atoms with E-state index in [0.717, 1.165) is 0 Å². The van der Waals surface area contributed by atoms with Crippen LogP contribution in [0.25, 0.3) is 0 Å². The first-order valence-corrected chi connectivity index (χ1v) is 5.27. The van der Waals surface area contributed by atoms with Crippen LogP contribution in [0.5, 0.6) is 11.5 Å². The third kappa shape index (κ3) is 2.92. The third-order valence-electron chi connectivity index (χ3n) is 2.18. The Morgan fingerprint density at radius 2 is 1.81 bits per heavy atom. The fraction of sp³-hybridized carbons (Fsp3) is 0.500. The summed E-state index contributed by atoms with van der Waals surface area (Å²) in [6, 6.07) is 3.39. The molecule has 0 fully saturated rings. The molecule has 1 aromatic rings. The van der Waals surface area contributed by atoms with Crippen molar-refractivity contribution in [3.05, 3.63) is 17.7 Å². The second-order valence-electron chi connectivity index (χ2n) is 3.97. The zero-order chi connectivity index (χ0) is 12.3. The number of benzene rings is 1. The lowest BCUT2D eigenvalue weighted by Crippen LogP contribution is -2.15. The van der Waals surface area contributed by atoms with Crippen LogP contribution in [-0.2, 0) is 0 Å². The predicted molar refractivity (Wildman–Crippen MR) is 64.8 cm³/mol. The quantitative estimate of drug-likeness (QED) is 0.778. The van der Waals surface area contributed by atoms with Crippen LogP contribution in [0.4, 0.5) is 0 Å². The Kier molecular flexibility index (Phi) is 4.24. The highest BCUT2D eigenvalue weighted by Gasteiger charge is 2.12. The van der Waals surface area contributed by atoms with Gasteiger partial charge in [0.15, 0.2) is 11.5 Å². The van der Waals surface area contributed by atoms with Gasteiger partial charge in [-0.1, -0.05) is 5.46 Å². The van der Waals surface area contributed by atoms with Crippen molar-refractivity contribution in [1.29, 1.82) is 0 Å². The van der Waals surface area contributed by atoms with Crippen LogP contribution in [0.2, 0.25) is 0 Å². The van der Waals surface area contributed by atoms with Gasteiger partial charge in [0.05, 0.1) is 19.3 Å². The Hall–Kier alpha value is -1.16. The second-order valence-corrected chi connectivity index (χ2v) is 3.97. The molecule has 0 aliphatic carbocycles. The summed E-state index contributed by atoms with van der Waals surface area (Å²) in [6.45, 7) is 5.52. The molecule has 0 aromatic heterocycles. The average molecular weight is 220 g/mol. The van der Waals surface area contributed by atoms with E-state index in [1.165, 1.54) is 0 Å². The van der Waals surface area contributed by atoms with Crippen LogP contribution in [-0.4, -0.2) is 26.2 Å². The molecule has 1 atom stereocenters. The molecule has 1 N–H and O–H groups in total. The van der Waals surface area contributed by atoms with Crippen LogP contribution < -0.4 is 14.9 Å². The van der Waals surface area contributed by atoms with Gasteiger partial charge in [0.2, 0.25) is 0 Å². The molecule has 0 heterocycles. The largest absolute Gasteiger partial charge is 0.493 e. The van der Waals surface area contributed by atoms with E-state index in [9.17, 15) is 5.11 Å². The average Bonchev–Trinajstić information content (AvgIpc) is 2.18. The van der Waals surface area contributed by atoms with Crippen LogP contribution in [0, 0.1) is 0 Å². The van der Waals surface area contributed by atoms with E-state index in [-0.39, 0.29) is 6.10 Å². The summed E-state index contributed by atoms with van der Waals surface area (Å²) in [6.07, 6.45) is -0.584. The van der Waals surface area contributed by atoms with Crippen LogP contribution in [0.15, 0.2) is 12.1 Å². The van der Waals surface area contributed by atoms with Gasteiger partial charge in [-0.2, -0.15) is 0 Å². The normalized spacial score (nSPS) is 12.6. The Morgan fingerprint density at radius 1 is 1.19 bits per heavy atom. The first kappa shape index (κ1) is 12.9. The summed E-state index contributed by atoms with van der Waals surface area (Å²) >= 11 is 0. The van der Waals surface area contributed by atoms with Crippen LogP contribution in [0.3, 0.4) is 0 Å². The predicted octanol–water partition coefficient (Wildman–Crippen LogP) is 1.33. The van der Waals surface area contributed by atoms with Crippen molar-refractivity contribution in [3.63, 3.8) is 0 Å². The Morgan fingerprint density at radius 3 is 2.25 bits per heavy atom. The zero-order valence-electron chi connectivity index (χ0n) is 10.2. The van der Waals surface area contributed by atoms with E-state index in [4.69, 9.17) is 17.3 Å². The van der Waals surface area contributed by atoms with Crippen molar-refractivity contribution < 1.29 is 14.6 Å². The molecule has 4 heteroatoms. The molecular weight excluding hydrogens is 203 g/mol. The summed E-state index contributed by atoms with van der Waals surface area (Å²) in [7, 11) is 7.36. The van der Waals surface area contributed by atoms with Crippen LogP contribution >= 0.6 is 0 Å². The fourth-order valence-corrected chi connectivity index (χ4v) is 1.46. The maximum absolute atomic E-state index is 9.55. The molecule has 0 aliphatic heterocycles. The third-order valence-corrected chi connectivity index (χ3v) is 2.18. The lowest BCUT2D eigenvalue weighted by atomic mass is 9.88. The lowest BCUT2D eigenvalue weighted by Gasteiger charge is -2.18. The Balaban J connectivity index is 3.17. The smallest absolute Gasteiger partial charge is 0.161 e. The lowest BCUT2D eigenvalue weighted by molar-refractivity contribution is 0.197. The highest BCUT2D eigenvalue weighted by atomic mass is 16.5. The molecule has 16 heavy (non-hydrogen) atoms. The summed E-state index contributed by atoms with van der Waals surface area (Å²) in [5, 5.41) is 9.55. The number of ether oxygens (including phenoxy) is 2. The molecule has 2 radical (unpaired) electrons. The van der Waals surface area contributed by atoms with Crippen molar-refractivity contribution in [2.24, 2.45) is 0 Å². The summed E-state index contributed by atoms with van der Waals surface area (Å²) in [4.78, 5) is 0. The van der Waals surface area contributed by atoms with E-state index in [2.05, 4.69) is 0 Å². The van der Waals surface area contributed by atoms with Gasteiger partial charge < -0.3 is 14.6 Å². The summed E-state index contributed by atoms with van der Waals surface area (Å²) in [5.41, 5.74) is 1.15. The minimum atomic E-state index is -0.625. The number of rotatable bonds is 4. The van der Waals surface area contributed by atoms with Crippen molar-refractivity contribution in [2.75, 3.05) is 7.11 Å². The number of aliphatic hydroxyl groups is 1. The van der Waals surface area contributed by atoms with Gasteiger partial charge in [0.1, 0.15) is 7.85 Å². The van der Waals surface area contributed by atoms with Crippen LogP contribution in [0.1, 0.15) is 32.4 Å². The molecular formula is C12H17BO3. The molecule has 1 rings (SSSR count). The minimum absolute atomic E-state index is 0.0411. The molecule has 0 amide bonds. The number of methoxy groups -OCH3 is 1. The highest BCUT2D eigenvalue weighted by Crippen LogP contribution is 2.29. The van der Waals surface area contributed by atoms with Crippen molar-refractivity contribution in [3.8, 4) is 11.5 Å². The van der Waals surface area contributed by atoms with Gasteiger partial charge in [-0.05, 0) is 38.5 Å². The topological polar surface area (TPSA) is 38.7 Å². The van der Waals surface area contributed by atoms with Gasteiger partial charge >= 0.3 is 0 Å². The monoisotopic (exact) mass is 220 g/mol. The standard InChI is InChI=1S/C12H17BO3/c1-7(2)16-12-5-9(8(3)14)10(13)6-11(12)15-4/h5-8,14H,1-4H3. The first-order chi connectivity index (χ1) is 7.45. The number of hydrogen-bond acceptors (Lipinski definition) is 3. The second kappa shape index (κ2) is 5.26. The number of hydrogen-bond donors (Lipinski definition) is 1. The molecule has 0 aliphatic rings. The molecule has 1 aromatic carbocycles. The van der Waals surface area contributed by atoms with E-state index < -0.39 is 6.10 Å². The van der Waals surface area contributed by atoms with Crippen molar-refractivity contribution in [2.45, 2.75) is 33.0 Å². The molecule has 0 bridgehead atoms. The van der Waals surface area contributed by atoms with Gasteiger partial charge in [-0.25, -0.2) is 0 Å². The number of aliphatic hydroxyl groups excluding tert-OH is 1. The molecule has 0 saturated heterocycles. The molecule has 3 nitrogen and oxygen atoms in total. The van der Waals surface area contributed by atoms with Gasteiger partial charge in [-0.3, -0.25) is 0 Å². The van der Waals surface area contributed by atoms with Crippen molar-refractivity contribution >= 4 is 13.3 Å². The molecule has 86 valence electrons. The SMILES string of the molecule is [B]c1cc(OC)c(OC(C)C)cc1C(C)O. The maximum Gasteiger partial charge on any atom is 0.161 e. The molecule has 1 unspecified atom stereocenters. The first-order valence-electron chi connectivity index (χ1n) is 5.27. The summed E-state index contributed by atoms with van der Waals surface area (Å²) in [5.74, 6) is 1.18. The zero-order valence-corrected chi connectivity index (χ0v) is 10.2. The van der Waals surface area contributed by atoms with E-state index >= 15 is 0 Å². The maximum atomic E-state index is 9.55. The van der Waals surface area contributed by atoms with E-state index in [1.807, 2.05) is 13.8 Å². The highest BCUT2D eigenvalue weighted by molar-refractivity contribution is 6.33. The molecule has 0 spiro atoms. The van der Waals surface area contributed by atoms with Gasteiger partial charge in [0, 0.05) is 0 Å². The summed E-state index contributed by atoms with van der Waals surface area (Å²) < 4.78 is 10.8. The minimum Gasteiger partial charge on any atom is -0.493 e. The fourth-order valence-electron chi connectivity index (χ4n) is 1.46. The molecule has 0 saturated carbocycles. The van der Waals surface area contributed by atoms with Gasteiger partial charge in [0.25, 0.3) is 0 Å². The Bertz CT molecular complexity index is 362.